The second-order valence-corrected chi connectivity index (χ2v) is 12.8. The van der Waals surface area contributed by atoms with Crippen LogP contribution in [0.2, 0.25) is 0 Å². The number of benzene rings is 6. The van der Waals surface area contributed by atoms with Gasteiger partial charge in [0.25, 0.3) is 0 Å². The Morgan fingerprint density at radius 1 is 0.660 bits per heavy atom. The van der Waals surface area contributed by atoms with Gasteiger partial charge in [0, 0.05) is 17.3 Å². The van der Waals surface area contributed by atoms with Crippen LogP contribution in [0.25, 0.3) is 38.3 Å². The first-order chi connectivity index (χ1) is 23.0. The van der Waals surface area contributed by atoms with Gasteiger partial charge < -0.3 is 4.90 Å². The zero-order valence-corrected chi connectivity index (χ0v) is 26.9. The van der Waals surface area contributed by atoms with E-state index in [9.17, 15) is 0 Å². The van der Waals surface area contributed by atoms with E-state index in [-0.39, 0.29) is 6.04 Å². The average molecular weight is 604 g/mol. The molecule has 0 radical (unpaired) electrons. The lowest BCUT2D eigenvalue weighted by Crippen LogP contribution is -2.28. The molecule has 1 nitrogen and oxygen atoms in total. The Hall–Kier alpha value is -5.66. The Kier molecular flexibility index (Phi) is 7.31. The molecule has 8 rings (SSSR count). The van der Waals surface area contributed by atoms with Crippen LogP contribution in [0.5, 0.6) is 0 Å². The van der Waals surface area contributed by atoms with Crippen molar-refractivity contribution in [3.05, 3.63) is 198 Å². The summed E-state index contributed by atoms with van der Waals surface area (Å²) in [5.74, 6) is 0.361. The highest BCUT2D eigenvalue weighted by atomic mass is 15.2. The van der Waals surface area contributed by atoms with Crippen molar-refractivity contribution in [2.45, 2.75) is 25.8 Å². The summed E-state index contributed by atoms with van der Waals surface area (Å²) in [5.41, 5.74) is 12.0. The fraction of sp³-hybridized carbons (Fsp3) is 0.0870. The van der Waals surface area contributed by atoms with Crippen molar-refractivity contribution in [1.82, 2.24) is 0 Å². The summed E-state index contributed by atoms with van der Waals surface area (Å²) in [6.07, 6.45) is 13.6. The van der Waals surface area contributed by atoms with Crippen molar-refractivity contribution in [2.75, 3.05) is 4.90 Å². The van der Waals surface area contributed by atoms with E-state index in [0.29, 0.717) is 5.92 Å². The van der Waals surface area contributed by atoms with Crippen molar-refractivity contribution >= 4 is 49.6 Å². The number of para-hydroxylation sites is 1. The van der Waals surface area contributed by atoms with Crippen LogP contribution in [0, 0.1) is 6.92 Å². The van der Waals surface area contributed by atoms with Crippen LogP contribution in [-0.4, -0.2) is 6.04 Å². The minimum atomic E-state index is 0.272. The average Bonchev–Trinajstić information content (AvgIpc) is 3.45. The van der Waals surface area contributed by atoms with E-state index < -0.39 is 0 Å². The van der Waals surface area contributed by atoms with E-state index in [1.54, 1.807) is 0 Å². The molecule has 2 atom stereocenters. The van der Waals surface area contributed by atoms with Gasteiger partial charge in [-0.3, -0.25) is 0 Å². The molecule has 1 heteroatoms. The molecule has 226 valence electrons. The summed E-state index contributed by atoms with van der Waals surface area (Å²) < 4.78 is 0. The largest absolute Gasteiger partial charge is 0.333 e. The molecule has 0 aromatic heterocycles. The molecule has 1 aliphatic carbocycles. The van der Waals surface area contributed by atoms with Crippen molar-refractivity contribution in [2.24, 2.45) is 0 Å². The maximum atomic E-state index is 4.56. The van der Waals surface area contributed by atoms with E-state index in [0.717, 1.165) is 16.7 Å². The third-order valence-corrected chi connectivity index (χ3v) is 9.71. The summed E-state index contributed by atoms with van der Waals surface area (Å²) in [4.78, 5) is 2.50. The zero-order valence-electron chi connectivity index (χ0n) is 26.9. The van der Waals surface area contributed by atoms with Gasteiger partial charge >= 0.3 is 0 Å². The van der Waals surface area contributed by atoms with Crippen molar-refractivity contribution in [1.29, 1.82) is 0 Å². The number of rotatable bonds is 6. The fourth-order valence-corrected chi connectivity index (χ4v) is 7.41. The molecule has 0 fully saturated rings. The van der Waals surface area contributed by atoms with Gasteiger partial charge in [0.05, 0.1) is 6.04 Å². The quantitative estimate of drug-likeness (QED) is 0.135. The van der Waals surface area contributed by atoms with Crippen LogP contribution in [-0.2, 0) is 0 Å². The summed E-state index contributed by atoms with van der Waals surface area (Å²) in [7, 11) is 0. The Morgan fingerprint density at radius 2 is 1.38 bits per heavy atom. The van der Waals surface area contributed by atoms with Gasteiger partial charge in [-0.1, -0.05) is 146 Å². The summed E-state index contributed by atoms with van der Waals surface area (Å²) in [6.45, 7) is 8.92. The van der Waals surface area contributed by atoms with Gasteiger partial charge in [-0.05, 0) is 105 Å². The molecule has 1 aliphatic heterocycles. The number of hydrogen-bond donors (Lipinski definition) is 0. The maximum Gasteiger partial charge on any atom is 0.0629 e. The highest BCUT2D eigenvalue weighted by molar-refractivity contribution is 6.13. The standard InChI is InChI=1S/C46H37N/c1-31-14-12-16-34(26-31)32(2)27-37(44-30-36-15-4-5-19-39(36)40-20-6-7-21-41(40)44)28-33(3)35-17-13-18-38(29-35)47-45-24-10-8-22-42(45)43-23-9-11-25-46(43)47/h4-30,42,45H,2H2,1,3H3/b33-28+,37-27+. The van der Waals surface area contributed by atoms with Crippen LogP contribution in [0.3, 0.4) is 0 Å². The molecule has 0 saturated carbocycles. The first kappa shape index (κ1) is 28.8. The third-order valence-electron chi connectivity index (χ3n) is 9.71. The minimum absolute atomic E-state index is 0.272. The predicted octanol–water partition coefficient (Wildman–Crippen LogP) is 12.2. The summed E-state index contributed by atoms with van der Waals surface area (Å²) in [5, 5.41) is 5.01. The predicted molar refractivity (Wildman–Crippen MR) is 203 cm³/mol. The lowest BCUT2D eigenvalue weighted by molar-refractivity contribution is 0.744. The van der Waals surface area contributed by atoms with E-state index in [1.165, 1.54) is 60.7 Å². The molecule has 6 aromatic rings. The summed E-state index contributed by atoms with van der Waals surface area (Å²) >= 11 is 0. The molecule has 1 heterocycles. The zero-order chi connectivity index (χ0) is 31.9. The van der Waals surface area contributed by atoms with Gasteiger partial charge in [0.2, 0.25) is 0 Å². The third kappa shape index (κ3) is 5.24. The van der Waals surface area contributed by atoms with Crippen molar-refractivity contribution < 1.29 is 0 Å². The first-order valence-corrected chi connectivity index (χ1v) is 16.5. The molecular weight excluding hydrogens is 567 g/mol. The molecule has 0 spiro atoms. The highest BCUT2D eigenvalue weighted by Crippen LogP contribution is 2.47. The number of anilines is 2. The second-order valence-electron chi connectivity index (χ2n) is 12.8. The number of nitrogens with zero attached hydrogens (tertiary/aromatic N) is 1. The number of hydrogen-bond acceptors (Lipinski definition) is 1. The van der Waals surface area contributed by atoms with E-state index >= 15 is 0 Å². The number of fused-ring (bicyclic) bond motifs is 6. The van der Waals surface area contributed by atoms with Crippen LogP contribution < -0.4 is 4.90 Å². The Morgan fingerprint density at radius 3 is 2.26 bits per heavy atom. The lowest BCUT2D eigenvalue weighted by atomic mass is 9.90. The lowest BCUT2D eigenvalue weighted by Gasteiger charge is -2.29. The molecule has 0 amide bonds. The normalized spacial score (nSPS) is 17.3. The van der Waals surface area contributed by atoms with E-state index in [2.05, 4.69) is 189 Å². The highest BCUT2D eigenvalue weighted by Gasteiger charge is 2.37. The number of aryl methyl sites for hydroxylation is 1. The van der Waals surface area contributed by atoms with Gasteiger partial charge in [-0.2, -0.15) is 0 Å². The monoisotopic (exact) mass is 603 g/mol. The van der Waals surface area contributed by atoms with Gasteiger partial charge in [-0.25, -0.2) is 0 Å². The van der Waals surface area contributed by atoms with E-state index in [1.807, 2.05) is 0 Å². The molecule has 0 bridgehead atoms. The molecule has 6 aromatic carbocycles. The summed E-state index contributed by atoms with van der Waals surface area (Å²) in [6, 6.07) is 46.6. The molecule has 47 heavy (non-hydrogen) atoms. The minimum Gasteiger partial charge on any atom is -0.333 e. The second kappa shape index (κ2) is 11.9. The Labute approximate surface area is 277 Å². The molecular formula is C46H37N. The Bertz CT molecular complexity index is 2310. The van der Waals surface area contributed by atoms with Crippen molar-refractivity contribution in [3.8, 4) is 0 Å². The SMILES string of the molecule is C=C(/C=C(\C=C(/C)c1cccc(N2c3ccccc3C3C=CC=CC32)c1)c1cc2ccccc2c2ccccc12)c1cccc(C)c1. The van der Waals surface area contributed by atoms with E-state index in [4.69, 9.17) is 0 Å². The maximum absolute atomic E-state index is 4.56. The first-order valence-electron chi connectivity index (χ1n) is 16.5. The van der Waals surface area contributed by atoms with Gasteiger partial charge in [0.1, 0.15) is 0 Å². The molecule has 2 aliphatic rings. The van der Waals surface area contributed by atoms with Crippen LogP contribution in [0.1, 0.15) is 40.7 Å². The smallest absolute Gasteiger partial charge is 0.0629 e. The van der Waals surface area contributed by atoms with Crippen LogP contribution >= 0.6 is 0 Å². The van der Waals surface area contributed by atoms with Gasteiger partial charge in [-0.15, -0.1) is 0 Å². The topological polar surface area (TPSA) is 3.24 Å². The van der Waals surface area contributed by atoms with Crippen LogP contribution in [0.4, 0.5) is 11.4 Å². The Balaban J connectivity index is 1.27. The van der Waals surface area contributed by atoms with Gasteiger partial charge in [0.15, 0.2) is 0 Å². The van der Waals surface area contributed by atoms with Crippen LogP contribution in [0.15, 0.2) is 170 Å². The van der Waals surface area contributed by atoms with Crippen molar-refractivity contribution in [3.63, 3.8) is 0 Å². The molecule has 2 unspecified atom stereocenters. The molecule has 0 N–H and O–H groups in total. The number of allylic oxidation sites excluding steroid dienone is 7. The fourth-order valence-electron chi connectivity index (χ4n) is 7.41. The molecule has 0 saturated heterocycles.